The van der Waals surface area contributed by atoms with Crippen molar-refractivity contribution in [2.45, 2.75) is 45.1 Å². The third-order valence-electron chi connectivity index (χ3n) is 3.71. The van der Waals surface area contributed by atoms with Crippen LogP contribution in [0.3, 0.4) is 0 Å². The van der Waals surface area contributed by atoms with Crippen LogP contribution in [-0.2, 0) is 0 Å². The third kappa shape index (κ3) is 3.03. The molecule has 3 nitrogen and oxygen atoms in total. The van der Waals surface area contributed by atoms with E-state index in [2.05, 4.69) is 5.32 Å². The quantitative estimate of drug-likeness (QED) is 0.851. The van der Waals surface area contributed by atoms with Crippen molar-refractivity contribution < 1.29 is 4.79 Å². The van der Waals surface area contributed by atoms with Crippen molar-refractivity contribution in [2.24, 2.45) is 0 Å². The number of urea groups is 1. The molecule has 0 heterocycles. The zero-order valence-electron chi connectivity index (χ0n) is 11.3. The highest BCUT2D eigenvalue weighted by molar-refractivity contribution is 5.92. The number of nitrogens with one attached hydrogen (secondary N) is 1. The van der Waals surface area contributed by atoms with Crippen LogP contribution in [0.2, 0.25) is 0 Å². The van der Waals surface area contributed by atoms with Gasteiger partial charge in [0.05, 0.1) is 0 Å². The van der Waals surface area contributed by atoms with Crippen LogP contribution >= 0.6 is 0 Å². The van der Waals surface area contributed by atoms with Gasteiger partial charge >= 0.3 is 6.03 Å². The van der Waals surface area contributed by atoms with Crippen molar-refractivity contribution in [2.75, 3.05) is 11.9 Å². The molecule has 98 valence electrons. The molecule has 1 saturated carbocycles. The summed E-state index contributed by atoms with van der Waals surface area (Å²) in [4.78, 5) is 13.9. The zero-order valence-corrected chi connectivity index (χ0v) is 11.3. The second-order valence-electron chi connectivity index (χ2n) is 5.13. The molecule has 1 fully saturated rings. The van der Waals surface area contributed by atoms with Crippen molar-refractivity contribution in [3.63, 3.8) is 0 Å². The van der Waals surface area contributed by atoms with Gasteiger partial charge in [-0.1, -0.05) is 37.5 Å². The van der Waals surface area contributed by atoms with Gasteiger partial charge < -0.3 is 5.32 Å². The second kappa shape index (κ2) is 5.89. The Hall–Kier alpha value is -1.51. The fraction of sp³-hybridized carbons (Fsp3) is 0.533. The molecule has 1 aromatic carbocycles. The van der Waals surface area contributed by atoms with Gasteiger partial charge in [-0.25, -0.2) is 4.79 Å². The average molecular weight is 246 g/mol. The maximum Gasteiger partial charge on any atom is 0.321 e. The van der Waals surface area contributed by atoms with Crippen LogP contribution in [0.1, 0.15) is 37.7 Å². The first-order valence-electron chi connectivity index (χ1n) is 6.78. The fourth-order valence-corrected chi connectivity index (χ4v) is 2.57. The van der Waals surface area contributed by atoms with Crippen molar-refractivity contribution in [1.29, 1.82) is 0 Å². The smallest absolute Gasteiger partial charge is 0.321 e. The van der Waals surface area contributed by atoms with Crippen molar-refractivity contribution in [3.8, 4) is 0 Å². The molecule has 2 amide bonds. The highest BCUT2D eigenvalue weighted by Crippen LogP contribution is 2.20. The summed E-state index contributed by atoms with van der Waals surface area (Å²) in [6.45, 7) is 2.03. The molecule has 3 heteroatoms. The van der Waals surface area contributed by atoms with Crippen LogP contribution in [0.4, 0.5) is 10.5 Å². The summed E-state index contributed by atoms with van der Waals surface area (Å²) >= 11 is 0. The summed E-state index contributed by atoms with van der Waals surface area (Å²) in [5.41, 5.74) is 2.10. The van der Waals surface area contributed by atoms with E-state index in [1.54, 1.807) is 4.90 Å². The van der Waals surface area contributed by atoms with Gasteiger partial charge in [-0.2, -0.15) is 0 Å². The molecule has 0 saturated heterocycles. The first-order chi connectivity index (χ1) is 8.68. The summed E-state index contributed by atoms with van der Waals surface area (Å²) < 4.78 is 0. The van der Waals surface area contributed by atoms with Gasteiger partial charge in [-0.05, 0) is 31.4 Å². The Labute approximate surface area is 109 Å². The molecule has 1 N–H and O–H groups in total. The summed E-state index contributed by atoms with van der Waals surface area (Å²) in [6, 6.07) is 8.34. The predicted octanol–water partition coefficient (Wildman–Crippen LogP) is 3.47. The largest absolute Gasteiger partial charge is 0.335 e. The number of carbonyl (C=O) groups is 1. The van der Waals surface area contributed by atoms with E-state index >= 15 is 0 Å². The molecule has 0 atom stereocenters. The van der Waals surface area contributed by atoms with E-state index in [9.17, 15) is 4.79 Å². The Bertz CT molecular complexity index is 411. The van der Waals surface area contributed by atoms with Gasteiger partial charge in [0.2, 0.25) is 0 Å². The van der Waals surface area contributed by atoms with Crippen LogP contribution in [0, 0.1) is 6.92 Å². The number of nitrogens with zero attached hydrogens (tertiary/aromatic N) is 1. The Kier molecular flexibility index (Phi) is 4.24. The van der Waals surface area contributed by atoms with Gasteiger partial charge in [0, 0.05) is 18.8 Å². The van der Waals surface area contributed by atoms with Gasteiger partial charge in [0.15, 0.2) is 0 Å². The number of hydrogen-bond donors (Lipinski definition) is 1. The molecule has 2 rings (SSSR count). The van der Waals surface area contributed by atoms with Gasteiger partial charge in [0.1, 0.15) is 0 Å². The van der Waals surface area contributed by atoms with Gasteiger partial charge in [-0.3, -0.25) is 4.90 Å². The molecule has 1 aromatic rings. The van der Waals surface area contributed by atoms with Crippen LogP contribution in [-0.4, -0.2) is 19.1 Å². The van der Waals surface area contributed by atoms with Gasteiger partial charge in [0.25, 0.3) is 0 Å². The van der Waals surface area contributed by atoms with E-state index in [-0.39, 0.29) is 6.03 Å². The van der Waals surface area contributed by atoms with Crippen LogP contribution in [0.5, 0.6) is 0 Å². The second-order valence-corrected chi connectivity index (χ2v) is 5.13. The summed E-state index contributed by atoms with van der Waals surface area (Å²) in [5, 5.41) is 3.13. The minimum Gasteiger partial charge on any atom is -0.335 e. The maximum atomic E-state index is 12.2. The number of rotatable bonds is 2. The number of amides is 2. The summed E-state index contributed by atoms with van der Waals surface area (Å²) in [6.07, 6.45) is 6.01. The highest BCUT2D eigenvalue weighted by atomic mass is 16.2. The van der Waals surface area contributed by atoms with E-state index < -0.39 is 0 Å². The molecule has 0 aromatic heterocycles. The number of aryl methyl sites for hydroxylation is 1. The van der Waals surface area contributed by atoms with Crippen LogP contribution in [0.15, 0.2) is 24.3 Å². The maximum absolute atomic E-state index is 12.2. The van der Waals surface area contributed by atoms with E-state index in [0.717, 1.165) is 24.1 Å². The highest BCUT2D eigenvalue weighted by Gasteiger charge is 2.19. The molecular formula is C15H22N2O. The van der Waals surface area contributed by atoms with Crippen LogP contribution < -0.4 is 10.2 Å². The van der Waals surface area contributed by atoms with Crippen LogP contribution in [0.25, 0.3) is 0 Å². The van der Waals surface area contributed by atoms with Crippen molar-refractivity contribution in [1.82, 2.24) is 5.32 Å². The number of benzene rings is 1. The van der Waals surface area contributed by atoms with Crippen molar-refractivity contribution >= 4 is 11.7 Å². The molecule has 1 aliphatic carbocycles. The fourth-order valence-electron chi connectivity index (χ4n) is 2.57. The number of hydrogen-bond acceptors (Lipinski definition) is 1. The molecule has 1 aliphatic rings. The number of carbonyl (C=O) groups excluding carboxylic acids is 1. The minimum atomic E-state index is 0.0104. The SMILES string of the molecule is Cc1ccccc1N(C)C(=O)NC1CCCCC1. The molecule has 18 heavy (non-hydrogen) atoms. The van der Waals surface area contributed by atoms with E-state index in [1.807, 2.05) is 38.2 Å². The first kappa shape index (κ1) is 12.9. The van der Waals surface area contributed by atoms with E-state index in [1.165, 1.54) is 19.3 Å². The Morgan fingerprint density at radius 2 is 1.89 bits per heavy atom. The first-order valence-corrected chi connectivity index (χ1v) is 6.78. The number of anilines is 1. The molecule has 0 aliphatic heterocycles. The predicted molar refractivity (Wildman–Crippen MR) is 75.0 cm³/mol. The molecular weight excluding hydrogens is 224 g/mol. The Morgan fingerprint density at radius 3 is 2.56 bits per heavy atom. The van der Waals surface area contributed by atoms with E-state index in [4.69, 9.17) is 0 Å². The Morgan fingerprint density at radius 1 is 1.22 bits per heavy atom. The molecule has 0 spiro atoms. The lowest BCUT2D eigenvalue weighted by molar-refractivity contribution is 0.239. The lowest BCUT2D eigenvalue weighted by Crippen LogP contribution is -2.44. The zero-order chi connectivity index (χ0) is 13.0. The minimum absolute atomic E-state index is 0.0104. The summed E-state index contributed by atoms with van der Waals surface area (Å²) in [7, 11) is 1.83. The topological polar surface area (TPSA) is 32.3 Å². The lowest BCUT2D eigenvalue weighted by Gasteiger charge is -2.26. The normalized spacial score (nSPS) is 16.3. The monoisotopic (exact) mass is 246 g/mol. The summed E-state index contributed by atoms with van der Waals surface area (Å²) in [5.74, 6) is 0. The molecule has 0 unspecified atom stereocenters. The standard InChI is InChI=1S/C15H22N2O/c1-12-8-6-7-11-14(12)17(2)15(18)16-13-9-4-3-5-10-13/h6-8,11,13H,3-5,9-10H2,1-2H3,(H,16,18). The number of para-hydroxylation sites is 1. The average Bonchev–Trinajstić information content (AvgIpc) is 2.39. The molecule has 0 bridgehead atoms. The lowest BCUT2D eigenvalue weighted by atomic mass is 9.96. The van der Waals surface area contributed by atoms with E-state index in [0.29, 0.717) is 6.04 Å². The Balaban J connectivity index is 1.98. The van der Waals surface area contributed by atoms with Gasteiger partial charge in [-0.15, -0.1) is 0 Å². The molecule has 0 radical (unpaired) electrons. The third-order valence-corrected chi connectivity index (χ3v) is 3.71. The van der Waals surface area contributed by atoms with Crippen molar-refractivity contribution in [3.05, 3.63) is 29.8 Å².